The largest absolute Gasteiger partial charge is 0.334 e. The van der Waals surface area contributed by atoms with E-state index < -0.39 is 15.9 Å². The van der Waals surface area contributed by atoms with E-state index in [1.54, 1.807) is 42.5 Å². The molecule has 0 spiro atoms. The molecule has 2 aromatic carbocycles. The van der Waals surface area contributed by atoms with E-state index in [9.17, 15) is 13.2 Å². The van der Waals surface area contributed by atoms with Crippen LogP contribution in [0.25, 0.3) is 22.8 Å². The minimum absolute atomic E-state index is 0.0919. The first kappa shape index (κ1) is 17.1. The molecule has 7 nitrogen and oxygen atoms in total. The number of hydrogen-bond donors (Lipinski definition) is 1. The van der Waals surface area contributed by atoms with Crippen LogP contribution in [0.2, 0.25) is 5.02 Å². The Morgan fingerprint density at radius 1 is 1.16 bits per heavy atom. The van der Waals surface area contributed by atoms with Crippen LogP contribution in [0.1, 0.15) is 10.4 Å². The summed E-state index contributed by atoms with van der Waals surface area (Å²) in [6.45, 7) is 0. The molecule has 128 valence electrons. The van der Waals surface area contributed by atoms with Gasteiger partial charge in [0.2, 0.25) is 15.8 Å². The molecule has 9 heteroatoms. The van der Waals surface area contributed by atoms with Gasteiger partial charge in [0.15, 0.2) is 0 Å². The van der Waals surface area contributed by atoms with Crippen LogP contribution in [-0.4, -0.2) is 30.7 Å². The molecule has 0 atom stereocenters. The lowest BCUT2D eigenvalue weighted by Crippen LogP contribution is -2.29. The fourth-order valence-corrected chi connectivity index (χ4v) is 2.81. The molecule has 0 aliphatic carbocycles. The topological polar surface area (TPSA) is 102 Å². The number of nitrogens with one attached hydrogen (secondary N) is 1. The summed E-state index contributed by atoms with van der Waals surface area (Å²) in [5.41, 5.74) is 1.08. The summed E-state index contributed by atoms with van der Waals surface area (Å²) in [6.07, 6.45) is 0.900. The molecule has 1 aromatic heterocycles. The fourth-order valence-electron chi connectivity index (χ4n) is 2.17. The molecule has 0 radical (unpaired) electrons. The van der Waals surface area contributed by atoms with Gasteiger partial charge in [-0.3, -0.25) is 4.79 Å². The molecule has 0 saturated heterocycles. The lowest BCUT2D eigenvalue weighted by Gasteiger charge is -2.05. The molecule has 3 aromatic rings. The van der Waals surface area contributed by atoms with Crippen LogP contribution in [0.4, 0.5) is 0 Å². The molecule has 0 aliphatic rings. The molecule has 0 saturated carbocycles. The van der Waals surface area contributed by atoms with E-state index in [-0.39, 0.29) is 11.5 Å². The molecular weight excluding hydrogens is 366 g/mol. The van der Waals surface area contributed by atoms with Crippen molar-refractivity contribution in [2.75, 3.05) is 6.26 Å². The number of hydrogen-bond acceptors (Lipinski definition) is 6. The summed E-state index contributed by atoms with van der Waals surface area (Å²) in [5.74, 6) is -0.384. The van der Waals surface area contributed by atoms with Crippen LogP contribution >= 0.6 is 11.6 Å². The van der Waals surface area contributed by atoms with Gasteiger partial charge in [-0.25, -0.2) is 13.1 Å². The first-order chi connectivity index (χ1) is 11.8. The van der Waals surface area contributed by atoms with E-state index in [0.717, 1.165) is 6.26 Å². The molecule has 0 fully saturated rings. The van der Waals surface area contributed by atoms with Crippen LogP contribution in [0.15, 0.2) is 53.1 Å². The normalized spacial score (nSPS) is 11.3. The Bertz CT molecular complexity index is 1050. The summed E-state index contributed by atoms with van der Waals surface area (Å²) in [6, 6.07) is 13.3. The Morgan fingerprint density at radius 3 is 2.64 bits per heavy atom. The number of sulfonamides is 1. The zero-order valence-electron chi connectivity index (χ0n) is 12.9. The summed E-state index contributed by atoms with van der Waals surface area (Å²) < 4.78 is 29.7. The van der Waals surface area contributed by atoms with E-state index in [1.807, 2.05) is 4.72 Å². The highest BCUT2D eigenvalue weighted by molar-refractivity contribution is 7.89. The highest BCUT2D eigenvalue weighted by Gasteiger charge is 2.20. The highest BCUT2D eigenvalue weighted by atomic mass is 35.5. The predicted octanol–water partition coefficient (Wildman–Crippen LogP) is 2.75. The van der Waals surface area contributed by atoms with Crippen LogP contribution in [0, 0.1) is 0 Å². The monoisotopic (exact) mass is 377 g/mol. The Morgan fingerprint density at radius 2 is 1.92 bits per heavy atom. The molecule has 0 unspecified atom stereocenters. The lowest BCUT2D eigenvalue weighted by molar-refractivity contribution is 0.0982. The molecule has 0 aliphatic heterocycles. The third-order valence-corrected chi connectivity index (χ3v) is 3.98. The third kappa shape index (κ3) is 4.04. The fraction of sp³-hybridized carbons (Fsp3) is 0.0625. The minimum Gasteiger partial charge on any atom is -0.334 e. The number of benzene rings is 2. The van der Waals surface area contributed by atoms with Gasteiger partial charge in [0, 0.05) is 10.6 Å². The second kappa shape index (κ2) is 6.66. The first-order valence-corrected chi connectivity index (χ1v) is 9.31. The zero-order valence-corrected chi connectivity index (χ0v) is 14.5. The number of amides is 1. The van der Waals surface area contributed by atoms with E-state index in [1.165, 1.54) is 6.07 Å². The SMILES string of the molecule is CS(=O)(=O)NC(=O)c1ccccc1-c1nc(-c2cccc(Cl)c2)no1. The summed E-state index contributed by atoms with van der Waals surface area (Å²) in [7, 11) is -3.69. The van der Waals surface area contributed by atoms with Gasteiger partial charge in [0.05, 0.1) is 17.4 Å². The Labute approximate surface area is 148 Å². The number of rotatable bonds is 4. The lowest BCUT2D eigenvalue weighted by atomic mass is 10.1. The molecule has 3 rings (SSSR count). The van der Waals surface area contributed by atoms with Crippen molar-refractivity contribution in [1.29, 1.82) is 0 Å². The van der Waals surface area contributed by atoms with E-state index >= 15 is 0 Å². The standard InChI is InChI=1S/C16H12ClN3O4S/c1-25(22,23)20-15(21)12-7-2-3-8-13(12)16-18-14(19-24-16)10-5-4-6-11(17)9-10/h2-9H,1H3,(H,20,21). The van der Waals surface area contributed by atoms with Crippen molar-refractivity contribution in [3.63, 3.8) is 0 Å². The summed E-state index contributed by atoms with van der Waals surface area (Å²) >= 11 is 5.95. The highest BCUT2D eigenvalue weighted by Crippen LogP contribution is 2.26. The third-order valence-electron chi connectivity index (χ3n) is 3.19. The second-order valence-corrected chi connectivity index (χ2v) is 7.37. The van der Waals surface area contributed by atoms with Gasteiger partial charge in [0.1, 0.15) is 0 Å². The maximum atomic E-state index is 12.2. The zero-order chi connectivity index (χ0) is 18.0. The van der Waals surface area contributed by atoms with Crippen molar-refractivity contribution in [3.8, 4) is 22.8 Å². The van der Waals surface area contributed by atoms with Crippen molar-refractivity contribution in [2.45, 2.75) is 0 Å². The van der Waals surface area contributed by atoms with Gasteiger partial charge in [-0.15, -0.1) is 0 Å². The number of aromatic nitrogens is 2. The van der Waals surface area contributed by atoms with Crippen LogP contribution in [0.5, 0.6) is 0 Å². The van der Waals surface area contributed by atoms with Gasteiger partial charge in [-0.2, -0.15) is 4.98 Å². The maximum Gasteiger partial charge on any atom is 0.265 e. The number of nitrogens with zero attached hydrogens (tertiary/aromatic N) is 2. The first-order valence-electron chi connectivity index (χ1n) is 7.05. The second-order valence-electron chi connectivity index (χ2n) is 5.18. The Kier molecular flexibility index (Phi) is 4.56. The van der Waals surface area contributed by atoms with Gasteiger partial charge < -0.3 is 4.52 Å². The van der Waals surface area contributed by atoms with Gasteiger partial charge in [-0.1, -0.05) is 41.0 Å². The molecule has 0 bridgehead atoms. The van der Waals surface area contributed by atoms with Crippen molar-refractivity contribution in [1.82, 2.24) is 14.9 Å². The Hall–Kier alpha value is -2.71. The molecular formula is C16H12ClN3O4S. The van der Waals surface area contributed by atoms with Gasteiger partial charge in [0.25, 0.3) is 11.8 Å². The van der Waals surface area contributed by atoms with Crippen molar-refractivity contribution >= 4 is 27.5 Å². The molecule has 1 heterocycles. The number of carbonyl (C=O) groups is 1. The average molecular weight is 378 g/mol. The van der Waals surface area contributed by atoms with Gasteiger partial charge in [-0.05, 0) is 24.3 Å². The molecule has 1 N–H and O–H groups in total. The minimum atomic E-state index is -3.69. The van der Waals surface area contributed by atoms with E-state index in [4.69, 9.17) is 16.1 Å². The predicted molar refractivity (Wildman–Crippen MR) is 92.5 cm³/mol. The van der Waals surface area contributed by atoms with Crippen LogP contribution in [-0.2, 0) is 10.0 Å². The van der Waals surface area contributed by atoms with E-state index in [2.05, 4.69) is 10.1 Å². The maximum absolute atomic E-state index is 12.2. The smallest absolute Gasteiger partial charge is 0.265 e. The molecule has 1 amide bonds. The average Bonchev–Trinajstić information content (AvgIpc) is 3.03. The van der Waals surface area contributed by atoms with Crippen LogP contribution in [0.3, 0.4) is 0 Å². The van der Waals surface area contributed by atoms with Crippen LogP contribution < -0.4 is 4.72 Å². The number of carbonyl (C=O) groups excluding carboxylic acids is 1. The quantitative estimate of drug-likeness (QED) is 0.750. The summed E-state index contributed by atoms with van der Waals surface area (Å²) in [5, 5.41) is 4.41. The number of halogens is 1. The van der Waals surface area contributed by atoms with E-state index in [0.29, 0.717) is 22.0 Å². The van der Waals surface area contributed by atoms with Crippen molar-refractivity contribution < 1.29 is 17.7 Å². The molecule has 25 heavy (non-hydrogen) atoms. The van der Waals surface area contributed by atoms with Crippen molar-refractivity contribution in [3.05, 3.63) is 59.1 Å². The Balaban J connectivity index is 2.00. The summed E-state index contributed by atoms with van der Waals surface area (Å²) in [4.78, 5) is 16.4. The van der Waals surface area contributed by atoms with Gasteiger partial charge >= 0.3 is 0 Å². The van der Waals surface area contributed by atoms with Crippen molar-refractivity contribution in [2.24, 2.45) is 0 Å².